The molecule has 3 nitrogen and oxygen atoms in total. The van der Waals surface area contributed by atoms with E-state index in [1.165, 1.54) is 0 Å². The van der Waals surface area contributed by atoms with Crippen LogP contribution in [0.3, 0.4) is 0 Å². The molecule has 0 fully saturated rings. The molecular weight excluding hydrogens is 315 g/mol. The zero-order valence-electron chi connectivity index (χ0n) is 12.6. The van der Waals surface area contributed by atoms with Gasteiger partial charge in [0, 0.05) is 11.1 Å². The van der Waals surface area contributed by atoms with Gasteiger partial charge in [0.05, 0.1) is 5.02 Å². The van der Waals surface area contributed by atoms with Crippen molar-refractivity contribution in [2.24, 2.45) is 5.84 Å². The van der Waals surface area contributed by atoms with E-state index in [1.54, 1.807) is 31.2 Å². The molecule has 1 amide bonds. The summed E-state index contributed by atoms with van der Waals surface area (Å²) in [6.07, 6.45) is 3.61. The molecule has 5 heteroatoms. The summed E-state index contributed by atoms with van der Waals surface area (Å²) in [5, 5.41) is 0.362. The number of rotatable bonds is 2. The zero-order chi connectivity index (χ0) is 16.6. The number of hydrogen-bond acceptors (Lipinski definition) is 2. The molecule has 0 aliphatic heterocycles. The smallest absolute Gasteiger partial charge is 0.265 e. The number of nitrogen functional groups attached to an aromatic ring is 1. The molecule has 0 saturated carbocycles. The maximum Gasteiger partial charge on any atom is 0.265 e. The third-order valence-electron chi connectivity index (χ3n) is 4.11. The molecule has 0 atom stereocenters. The SMILES string of the molecule is Cc1ccc(Cl)c(C2=CCCc3ccc(C(=O)NN)cc32)c1F. The molecule has 2 aromatic rings. The van der Waals surface area contributed by atoms with Gasteiger partial charge in [0.2, 0.25) is 0 Å². The predicted molar refractivity (Wildman–Crippen MR) is 89.6 cm³/mol. The standard InChI is InChI=1S/C18H16ClFN2O/c1-10-5-8-15(19)16(17(10)20)13-4-2-3-11-6-7-12(9-14(11)13)18(23)22-21/h4-9H,2-3,21H2,1H3,(H,22,23). The molecule has 1 aliphatic carbocycles. The van der Waals surface area contributed by atoms with Gasteiger partial charge in [-0.05, 0) is 60.2 Å². The van der Waals surface area contributed by atoms with Crippen molar-refractivity contribution >= 4 is 23.1 Å². The first kappa shape index (κ1) is 15.7. The molecule has 3 N–H and O–H groups in total. The maximum absolute atomic E-state index is 14.6. The van der Waals surface area contributed by atoms with Crippen LogP contribution in [-0.2, 0) is 6.42 Å². The number of amides is 1. The number of benzene rings is 2. The van der Waals surface area contributed by atoms with Gasteiger partial charge in [0.25, 0.3) is 5.91 Å². The minimum atomic E-state index is -0.381. The Bertz CT molecular complexity index is 830. The number of carbonyl (C=O) groups excluding carboxylic acids is 1. The van der Waals surface area contributed by atoms with Gasteiger partial charge in [0.1, 0.15) is 5.82 Å². The Labute approximate surface area is 138 Å². The van der Waals surface area contributed by atoms with Crippen LogP contribution in [0.25, 0.3) is 5.57 Å². The Morgan fingerprint density at radius 3 is 2.83 bits per heavy atom. The second-order valence-electron chi connectivity index (χ2n) is 5.56. The normalized spacial score (nSPS) is 13.3. The van der Waals surface area contributed by atoms with Crippen molar-refractivity contribution in [3.63, 3.8) is 0 Å². The lowest BCUT2D eigenvalue weighted by Gasteiger charge is -2.21. The van der Waals surface area contributed by atoms with Crippen molar-refractivity contribution in [2.75, 3.05) is 0 Å². The lowest BCUT2D eigenvalue weighted by atomic mass is 9.85. The Kier molecular flexibility index (Phi) is 4.20. The van der Waals surface area contributed by atoms with Crippen LogP contribution < -0.4 is 11.3 Å². The van der Waals surface area contributed by atoms with Crippen LogP contribution >= 0.6 is 11.6 Å². The molecule has 0 radical (unpaired) electrons. The number of carbonyl (C=O) groups is 1. The molecule has 23 heavy (non-hydrogen) atoms. The largest absolute Gasteiger partial charge is 0.290 e. The van der Waals surface area contributed by atoms with E-state index in [0.717, 1.165) is 29.5 Å². The van der Waals surface area contributed by atoms with E-state index in [0.29, 0.717) is 21.7 Å². The summed E-state index contributed by atoms with van der Waals surface area (Å²) in [6.45, 7) is 1.71. The molecule has 0 bridgehead atoms. The average molecular weight is 331 g/mol. The minimum absolute atomic E-state index is 0.328. The number of aryl methyl sites for hydroxylation is 2. The molecule has 118 valence electrons. The topological polar surface area (TPSA) is 55.1 Å². The second kappa shape index (κ2) is 6.14. The summed E-state index contributed by atoms with van der Waals surface area (Å²) in [5.74, 6) is 4.49. The quantitative estimate of drug-likeness (QED) is 0.500. The molecular formula is C18H16ClFN2O. The van der Waals surface area contributed by atoms with Gasteiger partial charge in [-0.25, -0.2) is 10.2 Å². The Balaban J connectivity index is 2.20. The van der Waals surface area contributed by atoms with Crippen LogP contribution in [-0.4, -0.2) is 5.91 Å². The van der Waals surface area contributed by atoms with E-state index < -0.39 is 0 Å². The van der Waals surface area contributed by atoms with Crippen molar-refractivity contribution in [1.82, 2.24) is 5.43 Å². The predicted octanol–water partition coefficient (Wildman–Crippen LogP) is 3.77. The van der Waals surface area contributed by atoms with Crippen LogP contribution in [0.2, 0.25) is 5.02 Å². The first-order valence-electron chi connectivity index (χ1n) is 7.32. The van der Waals surface area contributed by atoms with Crippen LogP contribution in [0.4, 0.5) is 4.39 Å². The van der Waals surface area contributed by atoms with Gasteiger partial charge in [-0.2, -0.15) is 0 Å². The number of hydrazine groups is 1. The molecule has 0 aromatic heterocycles. The Morgan fingerprint density at radius 1 is 1.30 bits per heavy atom. The van der Waals surface area contributed by atoms with Gasteiger partial charge < -0.3 is 0 Å². The number of allylic oxidation sites excluding steroid dienone is 1. The Hall–Kier alpha value is -2.17. The Morgan fingerprint density at radius 2 is 2.09 bits per heavy atom. The lowest BCUT2D eigenvalue weighted by molar-refractivity contribution is 0.0953. The van der Waals surface area contributed by atoms with Crippen molar-refractivity contribution in [1.29, 1.82) is 0 Å². The highest BCUT2D eigenvalue weighted by Gasteiger charge is 2.21. The van der Waals surface area contributed by atoms with Crippen molar-refractivity contribution < 1.29 is 9.18 Å². The average Bonchev–Trinajstić information content (AvgIpc) is 2.57. The molecule has 3 rings (SSSR count). The van der Waals surface area contributed by atoms with Crippen LogP contribution in [0.15, 0.2) is 36.4 Å². The number of halogens is 2. The lowest BCUT2D eigenvalue weighted by Crippen LogP contribution is -2.30. The van der Waals surface area contributed by atoms with Gasteiger partial charge in [-0.1, -0.05) is 29.8 Å². The highest BCUT2D eigenvalue weighted by Crippen LogP contribution is 2.37. The van der Waals surface area contributed by atoms with Crippen LogP contribution in [0, 0.1) is 12.7 Å². The van der Waals surface area contributed by atoms with Gasteiger partial charge in [0.15, 0.2) is 0 Å². The number of hydrogen-bond donors (Lipinski definition) is 2. The van der Waals surface area contributed by atoms with Crippen LogP contribution in [0.1, 0.15) is 39.0 Å². The van der Waals surface area contributed by atoms with Crippen LogP contribution in [0.5, 0.6) is 0 Å². The summed E-state index contributed by atoms with van der Waals surface area (Å²) in [7, 11) is 0. The molecule has 2 aromatic carbocycles. The van der Waals surface area contributed by atoms with Crippen molar-refractivity contribution in [3.8, 4) is 0 Å². The van der Waals surface area contributed by atoms with E-state index >= 15 is 0 Å². The summed E-state index contributed by atoms with van der Waals surface area (Å²) < 4.78 is 14.6. The monoisotopic (exact) mass is 330 g/mol. The summed E-state index contributed by atoms with van der Waals surface area (Å²) in [6, 6.07) is 8.69. The van der Waals surface area contributed by atoms with Gasteiger partial charge in [-0.3, -0.25) is 10.2 Å². The minimum Gasteiger partial charge on any atom is -0.290 e. The first-order valence-corrected chi connectivity index (χ1v) is 7.70. The molecule has 0 spiro atoms. The highest BCUT2D eigenvalue weighted by molar-refractivity contribution is 6.32. The van der Waals surface area contributed by atoms with Crippen molar-refractivity contribution in [3.05, 3.63) is 75.1 Å². The fourth-order valence-electron chi connectivity index (χ4n) is 2.89. The van der Waals surface area contributed by atoms with Gasteiger partial charge >= 0.3 is 0 Å². The molecule has 0 heterocycles. The van der Waals surface area contributed by atoms with E-state index in [1.807, 2.05) is 12.1 Å². The van der Waals surface area contributed by atoms with Crippen molar-refractivity contribution in [2.45, 2.75) is 19.8 Å². The fraction of sp³-hybridized carbons (Fsp3) is 0.167. The summed E-state index contributed by atoms with van der Waals surface area (Å²) in [5.41, 5.74) is 6.08. The number of nitrogens with one attached hydrogen (secondary N) is 1. The summed E-state index contributed by atoms with van der Waals surface area (Å²) in [4.78, 5) is 11.8. The number of nitrogens with two attached hydrogens (primary N) is 1. The third-order valence-corrected chi connectivity index (χ3v) is 4.42. The summed E-state index contributed by atoms with van der Waals surface area (Å²) >= 11 is 6.25. The van der Waals surface area contributed by atoms with E-state index in [4.69, 9.17) is 17.4 Å². The fourth-order valence-corrected chi connectivity index (χ4v) is 3.14. The first-order chi connectivity index (χ1) is 11.0. The van der Waals surface area contributed by atoms with Gasteiger partial charge in [-0.15, -0.1) is 0 Å². The molecule has 1 aliphatic rings. The highest BCUT2D eigenvalue weighted by atomic mass is 35.5. The van der Waals surface area contributed by atoms with E-state index in [-0.39, 0.29) is 11.7 Å². The number of fused-ring (bicyclic) bond motifs is 1. The second-order valence-corrected chi connectivity index (χ2v) is 5.96. The zero-order valence-corrected chi connectivity index (χ0v) is 13.4. The maximum atomic E-state index is 14.6. The molecule has 0 unspecified atom stereocenters. The third kappa shape index (κ3) is 2.76. The van der Waals surface area contributed by atoms with E-state index in [9.17, 15) is 9.18 Å². The van der Waals surface area contributed by atoms with E-state index in [2.05, 4.69) is 5.43 Å². The molecule has 0 saturated heterocycles.